The van der Waals surface area contributed by atoms with Gasteiger partial charge in [0.1, 0.15) is 17.2 Å². The molecule has 1 amide bonds. The predicted octanol–water partition coefficient (Wildman–Crippen LogP) is 2.19. The molecule has 1 aliphatic heterocycles. The molecule has 1 aliphatic carbocycles. The first-order chi connectivity index (χ1) is 9.33. The van der Waals surface area contributed by atoms with Crippen LogP contribution in [0.1, 0.15) is 56.6 Å². The lowest BCUT2D eigenvalue weighted by molar-refractivity contribution is 0.0241. The molecule has 3 rings (SSSR count). The number of rotatable bonds is 1. The number of hydrogen-bond acceptors (Lipinski definition) is 5. The Morgan fingerprint density at radius 2 is 2.00 bits per heavy atom. The summed E-state index contributed by atoms with van der Waals surface area (Å²) in [6.45, 7) is 6.45. The van der Waals surface area contributed by atoms with Crippen LogP contribution in [0.15, 0.2) is 0 Å². The zero-order chi connectivity index (χ0) is 14.5. The van der Waals surface area contributed by atoms with Crippen molar-refractivity contribution in [3.05, 3.63) is 17.1 Å². The molecular weight excluding hydrogens is 256 g/mol. The van der Waals surface area contributed by atoms with Crippen molar-refractivity contribution < 1.29 is 9.53 Å². The fourth-order valence-electron chi connectivity index (χ4n) is 2.28. The van der Waals surface area contributed by atoms with Crippen LogP contribution in [-0.2, 0) is 17.8 Å². The fraction of sp³-hybridized carbons (Fsp3) is 0.643. The lowest BCUT2D eigenvalue weighted by Crippen LogP contribution is -2.33. The average molecular weight is 276 g/mol. The van der Waals surface area contributed by atoms with Crippen molar-refractivity contribution in [2.45, 2.75) is 58.2 Å². The van der Waals surface area contributed by atoms with E-state index in [0.29, 0.717) is 24.8 Å². The Labute approximate surface area is 118 Å². The van der Waals surface area contributed by atoms with Gasteiger partial charge in [-0.25, -0.2) is 14.8 Å². The van der Waals surface area contributed by atoms with Gasteiger partial charge in [-0.3, -0.25) is 4.90 Å². The minimum atomic E-state index is -0.498. The van der Waals surface area contributed by atoms with E-state index >= 15 is 0 Å². The molecule has 0 bridgehead atoms. The van der Waals surface area contributed by atoms with E-state index in [1.54, 1.807) is 4.90 Å². The van der Waals surface area contributed by atoms with Crippen molar-refractivity contribution in [2.75, 3.05) is 5.73 Å². The molecule has 0 aromatic carbocycles. The van der Waals surface area contributed by atoms with Gasteiger partial charge in [0.15, 0.2) is 0 Å². The number of ether oxygens (including phenoxy) is 1. The first-order valence-corrected chi connectivity index (χ1v) is 6.96. The number of anilines is 1. The third kappa shape index (κ3) is 2.55. The molecule has 2 heterocycles. The van der Waals surface area contributed by atoms with Crippen LogP contribution in [-0.4, -0.2) is 26.6 Å². The average Bonchev–Trinajstić information content (AvgIpc) is 3.06. The Morgan fingerprint density at radius 1 is 1.30 bits per heavy atom. The van der Waals surface area contributed by atoms with Gasteiger partial charge in [-0.1, -0.05) is 0 Å². The van der Waals surface area contributed by atoms with Gasteiger partial charge in [0.2, 0.25) is 0 Å². The zero-order valence-corrected chi connectivity index (χ0v) is 12.1. The summed E-state index contributed by atoms with van der Waals surface area (Å²) in [4.78, 5) is 22.6. The largest absolute Gasteiger partial charge is 0.444 e. The van der Waals surface area contributed by atoms with Gasteiger partial charge in [0.05, 0.1) is 18.8 Å². The Morgan fingerprint density at radius 3 is 2.60 bits per heavy atom. The fourth-order valence-corrected chi connectivity index (χ4v) is 2.28. The van der Waals surface area contributed by atoms with E-state index in [0.717, 1.165) is 29.9 Å². The Bertz CT molecular complexity index is 561. The third-order valence-electron chi connectivity index (χ3n) is 3.43. The van der Waals surface area contributed by atoms with Crippen molar-refractivity contribution in [3.63, 3.8) is 0 Å². The number of nitrogen functional groups attached to an aromatic ring is 1. The zero-order valence-electron chi connectivity index (χ0n) is 12.1. The van der Waals surface area contributed by atoms with Gasteiger partial charge in [-0.2, -0.15) is 0 Å². The van der Waals surface area contributed by atoms with Crippen LogP contribution in [0.5, 0.6) is 0 Å². The second-order valence-corrected chi connectivity index (χ2v) is 6.50. The minimum absolute atomic E-state index is 0.331. The van der Waals surface area contributed by atoms with Crippen LogP contribution in [0.2, 0.25) is 0 Å². The van der Waals surface area contributed by atoms with Gasteiger partial charge in [0, 0.05) is 11.5 Å². The van der Waals surface area contributed by atoms with E-state index in [1.165, 1.54) is 0 Å². The van der Waals surface area contributed by atoms with Crippen LogP contribution in [0.4, 0.5) is 10.6 Å². The van der Waals surface area contributed by atoms with Crippen LogP contribution < -0.4 is 5.73 Å². The number of nitrogens with two attached hydrogens (primary N) is 1. The molecule has 1 fully saturated rings. The van der Waals surface area contributed by atoms with E-state index < -0.39 is 5.60 Å². The van der Waals surface area contributed by atoms with Crippen LogP contribution in [0.25, 0.3) is 0 Å². The molecule has 1 aromatic rings. The number of aromatic nitrogens is 2. The molecule has 1 saturated carbocycles. The van der Waals surface area contributed by atoms with Gasteiger partial charge in [-0.05, 0) is 33.6 Å². The van der Waals surface area contributed by atoms with Crippen molar-refractivity contribution in [1.29, 1.82) is 0 Å². The molecule has 0 atom stereocenters. The maximum atomic E-state index is 12.1. The summed E-state index contributed by atoms with van der Waals surface area (Å²) >= 11 is 0. The monoisotopic (exact) mass is 276 g/mol. The maximum absolute atomic E-state index is 12.1. The maximum Gasteiger partial charge on any atom is 0.410 e. The summed E-state index contributed by atoms with van der Waals surface area (Å²) in [6, 6.07) is 0. The summed E-state index contributed by atoms with van der Waals surface area (Å²) in [7, 11) is 0. The molecule has 0 unspecified atom stereocenters. The van der Waals surface area contributed by atoms with Crippen LogP contribution in [0, 0.1) is 0 Å². The second kappa shape index (κ2) is 4.33. The highest BCUT2D eigenvalue weighted by atomic mass is 16.6. The van der Waals surface area contributed by atoms with Crippen molar-refractivity contribution >= 4 is 11.9 Å². The summed E-state index contributed by atoms with van der Waals surface area (Å²) in [5.41, 5.74) is 7.23. The molecule has 0 saturated heterocycles. The Kier molecular flexibility index (Phi) is 2.84. The van der Waals surface area contributed by atoms with Crippen LogP contribution in [0.3, 0.4) is 0 Å². The van der Waals surface area contributed by atoms with Crippen molar-refractivity contribution in [2.24, 2.45) is 0 Å². The molecule has 2 aliphatic rings. The molecule has 1 aromatic heterocycles. The predicted molar refractivity (Wildman–Crippen MR) is 73.9 cm³/mol. The molecule has 20 heavy (non-hydrogen) atoms. The first-order valence-electron chi connectivity index (χ1n) is 6.96. The molecular formula is C14H20N4O2. The SMILES string of the molecule is CC(C)(C)OC(=O)N1Cc2nc(C3CC3)nc(N)c2C1. The first kappa shape index (κ1) is 13.1. The number of carbonyl (C=O) groups is 1. The minimum Gasteiger partial charge on any atom is -0.444 e. The van der Waals surface area contributed by atoms with Crippen molar-refractivity contribution in [3.8, 4) is 0 Å². The molecule has 6 nitrogen and oxygen atoms in total. The van der Waals surface area contributed by atoms with E-state index in [2.05, 4.69) is 9.97 Å². The van der Waals surface area contributed by atoms with Gasteiger partial charge < -0.3 is 10.5 Å². The molecule has 6 heteroatoms. The molecule has 0 spiro atoms. The molecule has 0 radical (unpaired) electrons. The lowest BCUT2D eigenvalue weighted by Gasteiger charge is -2.23. The topological polar surface area (TPSA) is 81.3 Å². The highest BCUT2D eigenvalue weighted by Gasteiger charge is 2.33. The second-order valence-electron chi connectivity index (χ2n) is 6.50. The third-order valence-corrected chi connectivity index (χ3v) is 3.43. The molecule has 108 valence electrons. The van der Waals surface area contributed by atoms with Gasteiger partial charge >= 0.3 is 6.09 Å². The van der Waals surface area contributed by atoms with Gasteiger partial charge in [0.25, 0.3) is 0 Å². The van der Waals surface area contributed by atoms with Gasteiger partial charge in [-0.15, -0.1) is 0 Å². The summed E-state index contributed by atoms with van der Waals surface area (Å²) in [5, 5.41) is 0. The summed E-state index contributed by atoms with van der Waals surface area (Å²) in [5.74, 6) is 1.79. The summed E-state index contributed by atoms with van der Waals surface area (Å²) in [6.07, 6.45) is 1.94. The van der Waals surface area contributed by atoms with E-state index in [9.17, 15) is 4.79 Å². The molecule has 2 N–H and O–H groups in total. The lowest BCUT2D eigenvalue weighted by atomic mass is 10.2. The quantitative estimate of drug-likeness (QED) is 0.850. The van der Waals surface area contributed by atoms with E-state index in [-0.39, 0.29) is 6.09 Å². The summed E-state index contributed by atoms with van der Waals surface area (Å²) < 4.78 is 5.38. The highest BCUT2D eigenvalue weighted by Crippen LogP contribution is 2.39. The smallest absolute Gasteiger partial charge is 0.410 e. The van der Waals surface area contributed by atoms with Crippen LogP contribution >= 0.6 is 0 Å². The Balaban J connectivity index is 1.78. The number of amides is 1. The number of fused-ring (bicyclic) bond motifs is 1. The van der Waals surface area contributed by atoms with E-state index in [1.807, 2.05) is 20.8 Å². The number of carbonyl (C=O) groups excluding carboxylic acids is 1. The van der Waals surface area contributed by atoms with Crippen molar-refractivity contribution in [1.82, 2.24) is 14.9 Å². The standard InChI is InChI=1S/C14H20N4O2/c1-14(2,3)20-13(19)18-6-9-10(7-18)16-12(8-4-5-8)17-11(9)15/h8H,4-7H2,1-3H3,(H2,15,16,17). The highest BCUT2D eigenvalue weighted by molar-refractivity contribution is 5.69. The Hall–Kier alpha value is -1.85. The normalized spacial score (nSPS) is 18.1. The number of nitrogens with zero attached hydrogens (tertiary/aromatic N) is 3. The number of hydrogen-bond donors (Lipinski definition) is 1. The van der Waals surface area contributed by atoms with E-state index in [4.69, 9.17) is 10.5 Å².